The van der Waals surface area contributed by atoms with Crippen LogP contribution in [0.5, 0.6) is 0 Å². The number of hydrogen-bond acceptors (Lipinski definition) is 7. The third kappa shape index (κ3) is 18.0. The number of nitrogens with zero attached hydrogens (tertiary/aromatic N) is 3. The lowest BCUT2D eigenvalue weighted by atomic mass is 9.93. The van der Waals surface area contributed by atoms with Crippen molar-refractivity contribution in [2.75, 3.05) is 11.5 Å². The van der Waals surface area contributed by atoms with E-state index in [-0.39, 0.29) is 10.3 Å². The molecule has 0 unspecified atom stereocenters. The van der Waals surface area contributed by atoms with Crippen LogP contribution in [0.2, 0.25) is 0 Å². The van der Waals surface area contributed by atoms with E-state index in [9.17, 15) is 186 Å². The van der Waals surface area contributed by atoms with Crippen LogP contribution in [0.4, 0.5) is 167 Å². The minimum atomic E-state index is -7.86. The first kappa shape index (κ1) is 79.1. The predicted octanol–water partition coefficient (Wildman–Crippen LogP) is 13.3. The molecule has 82 heavy (non-hydrogen) atoms. The fourth-order valence-corrected chi connectivity index (χ4v) is 6.03. The zero-order valence-electron chi connectivity index (χ0n) is 38.1. The first-order chi connectivity index (χ1) is 35.6. The molecule has 2 aromatic heterocycles. The van der Waals surface area contributed by atoms with Gasteiger partial charge in [-0.25, -0.2) is 14.5 Å². The molecule has 8 nitrogen and oxygen atoms in total. The van der Waals surface area contributed by atoms with Gasteiger partial charge in [-0.05, 0) is 23.6 Å². The molecular weight excluding hydrogens is 1310 g/mol. The van der Waals surface area contributed by atoms with E-state index in [0.717, 1.165) is 6.20 Å². The Hall–Kier alpha value is -4.99. The number of aromatic amines is 1. The molecule has 1 N–H and O–H groups in total. The largest absolute Gasteiger partial charge is 0.869 e. The van der Waals surface area contributed by atoms with Crippen molar-refractivity contribution in [2.45, 2.75) is 126 Å². The zero-order valence-corrected chi connectivity index (χ0v) is 39.7. The Balaban J connectivity index is 0. The predicted molar refractivity (Wildman–Crippen MR) is 189 cm³/mol. The molecule has 0 bridgehead atoms. The number of ketones is 3. The lowest BCUT2D eigenvalue weighted by molar-refractivity contribution is -0.708. The SMILES string of the molecule is C[n+]1cc[nH]c1SCCC(F)(F)C(F)(F)C(F)(F)C(F)(F)C(F)(F)C(F)(F)F.Cn1ccnc1SCCC(F)(F)C(F)(F)C(F)(F)C(F)(F)C(F)(F)C(F)(F)F.O=C(C=C([O-])C(F)(F)F)C(F)(F)F.O=C(CC(=O)C(F)(F)F)C(F)(F)F. The van der Waals surface area contributed by atoms with Crippen LogP contribution in [0.25, 0.3) is 0 Å². The fraction of sp³-hybridized carbons (Fsp3) is 0.676. The molecular formula is C34H22F38N4O4S2. The summed E-state index contributed by atoms with van der Waals surface area (Å²) < 4.78 is 474. The van der Waals surface area contributed by atoms with E-state index in [1.807, 2.05) is 0 Å². The van der Waals surface area contributed by atoms with Gasteiger partial charge in [-0.3, -0.25) is 14.4 Å². The maximum atomic E-state index is 13.5. The van der Waals surface area contributed by atoms with E-state index < -0.39 is 156 Å². The van der Waals surface area contributed by atoms with Crippen molar-refractivity contribution in [3.05, 3.63) is 36.6 Å². The number of Topliss-reactive ketones (excluding diaryl/α,β-unsaturated/α-hetero) is 2. The summed E-state index contributed by atoms with van der Waals surface area (Å²) in [6.45, 7) is 0. The number of allylic oxidation sites excluding steroid dienone is 2. The van der Waals surface area contributed by atoms with Crippen molar-refractivity contribution in [2.24, 2.45) is 14.1 Å². The molecule has 0 amide bonds. The lowest BCUT2D eigenvalue weighted by Crippen LogP contribution is -2.70. The van der Waals surface area contributed by atoms with E-state index in [1.54, 1.807) is 0 Å². The molecule has 0 aliphatic heterocycles. The normalized spacial score (nSPS) is 14.7. The van der Waals surface area contributed by atoms with Crippen molar-refractivity contribution in [3.8, 4) is 0 Å². The second-order valence-corrected chi connectivity index (χ2v) is 16.9. The molecule has 0 aliphatic rings. The molecule has 0 aliphatic carbocycles. The lowest BCUT2D eigenvalue weighted by Gasteiger charge is -2.39. The van der Waals surface area contributed by atoms with Gasteiger partial charge in [0.05, 0.1) is 13.5 Å². The van der Waals surface area contributed by atoms with Gasteiger partial charge in [0.25, 0.3) is 5.78 Å². The van der Waals surface area contributed by atoms with Gasteiger partial charge in [0.15, 0.2) is 5.16 Å². The number of aryl methyl sites for hydroxylation is 2. The number of nitrogens with one attached hydrogen (secondary N) is 1. The Bertz CT molecular complexity index is 2320. The van der Waals surface area contributed by atoms with Crippen molar-refractivity contribution >= 4 is 40.9 Å². The molecule has 48 heteroatoms. The highest BCUT2D eigenvalue weighted by Crippen LogP contribution is 2.62. The maximum Gasteiger partial charge on any atom is 0.460 e. The monoisotopic (exact) mass is 1340 g/mol. The molecule has 0 saturated carbocycles. The molecule has 0 fully saturated rings. The topological polar surface area (TPSA) is 112 Å². The molecule has 2 rings (SSSR count). The van der Waals surface area contributed by atoms with Gasteiger partial charge in [0.1, 0.15) is 12.4 Å². The molecule has 0 radical (unpaired) electrons. The fourth-order valence-electron chi connectivity index (χ4n) is 4.12. The summed E-state index contributed by atoms with van der Waals surface area (Å²) in [5.74, 6) is -86.4. The van der Waals surface area contributed by atoms with Crippen LogP contribution >= 0.6 is 23.5 Å². The van der Waals surface area contributed by atoms with Gasteiger partial charge >= 0.3 is 101 Å². The smallest absolute Gasteiger partial charge is 0.460 e. The van der Waals surface area contributed by atoms with Crippen LogP contribution in [0.15, 0.2) is 46.9 Å². The van der Waals surface area contributed by atoms with Crippen LogP contribution < -0.4 is 9.67 Å². The number of rotatable bonds is 19. The molecule has 2 heterocycles. The summed E-state index contributed by atoms with van der Waals surface area (Å²) in [7, 11) is 2.69. The molecule has 0 saturated heterocycles. The van der Waals surface area contributed by atoms with Gasteiger partial charge in [0, 0.05) is 43.8 Å². The van der Waals surface area contributed by atoms with Crippen LogP contribution in [0.3, 0.4) is 0 Å². The van der Waals surface area contributed by atoms with Crippen LogP contribution in [-0.4, -0.2) is 140 Å². The van der Waals surface area contributed by atoms with Gasteiger partial charge in [0.2, 0.25) is 11.6 Å². The molecule has 0 aromatic carbocycles. The number of H-pyrrole nitrogens is 1. The minimum absolute atomic E-state index is 0.0554. The Labute approximate surface area is 434 Å². The van der Waals surface area contributed by atoms with Crippen molar-refractivity contribution in [1.29, 1.82) is 0 Å². The summed E-state index contributed by atoms with van der Waals surface area (Å²) in [5, 5.41) is 9.81. The average Bonchev–Trinajstić information content (AvgIpc) is 3.87. The summed E-state index contributed by atoms with van der Waals surface area (Å²) in [4.78, 5) is 35.5. The van der Waals surface area contributed by atoms with Crippen LogP contribution in [0, 0.1) is 0 Å². The molecule has 0 spiro atoms. The molecule has 480 valence electrons. The minimum Gasteiger partial charge on any atom is -0.869 e. The summed E-state index contributed by atoms with van der Waals surface area (Å²) in [6, 6.07) is 0. The Kier molecular flexibility index (Phi) is 24.8. The van der Waals surface area contributed by atoms with Gasteiger partial charge in [-0.2, -0.15) is 167 Å². The maximum absolute atomic E-state index is 13.5. The van der Waals surface area contributed by atoms with Crippen molar-refractivity contribution < 1.29 is 191 Å². The van der Waals surface area contributed by atoms with Gasteiger partial charge in [-0.1, -0.05) is 11.8 Å². The number of imidazole rings is 2. The van der Waals surface area contributed by atoms with Gasteiger partial charge < -0.3 is 9.67 Å². The number of carbonyl (C=O) groups is 3. The van der Waals surface area contributed by atoms with E-state index in [2.05, 4.69) is 9.97 Å². The second kappa shape index (κ2) is 25.7. The number of alkyl halides is 38. The standard InChI is InChI=1S/2C12H9F13N2S.2C5H2F6O2/c2*1-27-4-3-26-6(27)28-5-2-7(13,14)8(15,16)9(17,18)10(19,20)11(21,22)12(23,24)25;2*6-4(7,8)2(12)1-3(13)5(9,10)11/h2*3-4H,2,5H2,1H3;1H2;1,12H. The number of halogens is 38. The summed E-state index contributed by atoms with van der Waals surface area (Å²) in [6.07, 6.45) is -39.2. The van der Waals surface area contributed by atoms with Crippen molar-refractivity contribution in [3.63, 3.8) is 0 Å². The number of carbonyl (C=O) groups excluding carboxylic acids is 3. The first-order valence-electron chi connectivity index (χ1n) is 19.0. The Morgan fingerprint density at radius 2 is 0.841 bits per heavy atom. The van der Waals surface area contributed by atoms with Crippen molar-refractivity contribution in [1.82, 2.24) is 14.5 Å². The van der Waals surface area contributed by atoms with E-state index in [1.165, 1.54) is 41.8 Å². The van der Waals surface area contributed by atoms with E-state index in [0.29, 0.717) is 23.5 Å². The molecule has 0 atom stereocenters. The highest BCUT2D eigenvalue weighted by atomic mass is 32.2. The van der Waals surface area contributed by atoms with Crippen LogP contribution in [-0.2, 0) is 28.5 Å². The third-order valence-electron chi connectivity index (χ3n) is 8.68. The Morgan fingerprint density at radius 1 is 0.512 bits per heavy atom. The number of hydrogen-bond donors (Lipinski definition) is 1. The molecule has 2 aromatic rings. The third-order valence-corrected chi connectivity index (χ3v) is 10.8. The number of aromatic nitrogens is 4. The average molecular weight is 1340 g/mol. The van der Waals surface area contributed by atoms with Gasteiger partial charge in [-0.15, -0.1) is 0 Å². The first-order valence-corrected chi connectivity index (χ1v) is 21.0. The Morgan fingerprint density at radius 3 is 1.10 bits per heavy atom. The quantitative estimate of drug-likeness (QED) is 0.0372. The summed E-state index contributed by atoms with van der Waals surface area (Å²) in [5.41, 5.74) is 0. The number of thioether (sulfide) groups is 2. The van der Waals surface area contributed by atoms with E-state index >= 15 is 0 Å². The highest BCUT2D eigenvalue weighted by molar-refractivity contribution is 7.99. The summed E-state index contributed by atoms with van der Waals surface area (Å²) >= 11 is 0.661. The van der Waals surface area contributed by atoms with E-state index in [4.69, 9.17) is 0 Å². The zero-order chi connectivity index (χ0) is 66.5. The highest BCUT2D eigenvalue weighted by Gasteiger charge is 2.92. The second-order valence-electron chi connectivity index (χ2n) is 14.8. The van der Waals surface area contributed by atoms with Crippen LogP contribution in [0.1, 0.15) is 19.3 Å².